The number of rotatable bonds is 2. The van der Waals surface area contributed by atoms with E-state index in [1.165, 1.54) is 11.8 Å². The Morgan fingerprint density at radius 3 is 2.65 bits per heavy atom. The van der Waals surface area contributed by atoms with E-state index in [1.807, 2.05) is 0 Å². The van der Waals surface area contributed by atoms with Crippen LogP contribution in [-0.2, 0) is 4.79 Å². The number of amidine groups is 1. The Balaban J connectivity index is 1.86. The third kappa shape index (κ3) is 3.42. The van der Waals surface area contributed by atoms with Crippen LogP contribution in [0.1, 0.15) is 11.1 Å². The van der Waals surface area contributed by atoms with E-state index in [-0.39, 0.29) is 11.7 Å². The molecule has 3 rings (SSSR count). The van der Waals surface area contributed by atoms with Crippen molar-refractivity contribution in [3.05, 3.63) is 64.6 Å². The normalized spacial score (nSPS) is 17.3. The Labute approximate surface area is 137 Å². The van der Waals surface area contributed by atoms with Crippen LogP contribution in [0.5, 0.6) is 5.75 Å². The Hall–Kier alpha value is -3.04. The first-order valence-electron chi connectivity index (χ1n) is 6.73. The molecule has 2 aromatic carbocycles. The highest BCUT2D eigenvalue weighted by Gasteiger charge is 2.24. The van der Waals surface area contributed by atoms with Crippen LogP contribution in [0, 0.1) is 11.3 Å². The van der Waals surface area contributed by atoms with Crippen molar-refractivity contribution in [2.75, 3.05) is 0 Å². The number of nitrogens with zero attached hydrogens (tertiary/aromatic N) is 2. The molecular weight excluding hydrogens is 310 g/mol. The van der Waals surface area contributed by atoms with E-state index < -0.39 is 0 Å². The molecule has 1 amide bonds. The number of aromatic hydroxyl groups is 1. The second kappa shape index (κ2) is 6.38. The Kier molecular flexibility index (Phi) is 4.13. The van der Waals surface area contributed by atoms with Crippen molar-refractivity contribution in [1.82, 2.24) is 5.32 Å². The zero-order valence-corrected chi connectivity index (χ0v) is 12.7. The Morgan fingerprint density at radius 2 is 1.91 bits per heavy atom. The smallest absolute Gasteiger partial charge is 0.264 e. The van der Waals surface area contributed by atoms with Gasteiger partial charge in [0.2, 0.25) is 0 Å². The predicted octanol–water partition coefficient (Wildman–Crippen LogP) is 3.16. The largest absolute Gasteiger partial charge is 0.508 e. The van der Waals surface area contributed by atoms with Crippen LogP contribution in [0.2, 0.25) is 0 Å². The minimum Gasteiger partial charge on any atom is -0.508 e. The molecule has 1 saturated heterocycles. The molecule has 0 spiro atoms. The number of hydrogen-bond acceptors (Lipinski definition) is 5. The number of phenolic OH excluding ortho intramolecular Hbond substituents is 1. The summed E-state index contributed by atoms with van der Waals surface area (Å²) in [4.78, 5) is 16.8. The summed E-state index contributed by atoms with van der Waals surface area (Å²) in [5.74, 6) is -0.0673. The topological polar surface area (TPSA) is 85.5 Å². The first-order chi connectivity index (χ1) is 11.2. The zero-order valence-electron chi connectivity index (χ0n) is 11.9. The van der Waals surface area contributed by atoms with E-state index in [0.29, 0.717) is 21.3 Å². The highest BCUT2D eigenvalue weighted by Crippen LogP contribution is 2.29. The van der Waals surface area contributed by atoms with Crippen molar-refractivity contribution in [2.45, 2.75) is 0 Å². The minimum atomic E-state index is -0.240. The number of benzene rings is 2. The Morgan fingerprint density at radius 1 is 1.17 bits per heavy atom. The number of thioether (sulfide) groups is 1. The third-order valence-corrected chi connectivity index (χ3v) is 4.00. The quantitative estimate of drug-likeness (QED) is 0.832. The van der Waals surface area contributed by atoms with Crippen molar-refractivity contribution in [3.8, 4) is 11.8 Å². The van der Waals surface area contributed by atoms with Gasteiger partial charge < -0.3 is 10.4 Å². The lowest BCUT2D eigenvalue weighted by Gasteiger charge is -1.98. The summed E-state index contributed by atoms with van der Waals surface area (Å²) < 4.78 is 0. The lowest BCUT2D eigenvalue weighted by molar-refractivity contribution is -0.115. The summed E-state index contributed by atoms with van der Waals surface area (Å²) in [6, 6.07) is 15.6. The van der Waals surface area contributed by atoms with E-state index in [0.717, 1.165) is 5.56 Å². The molecule has 0 bridgehead atoms. The van der Waals surface area contributed by atoms with Gasteiger partial charge in [-0.05, 0) is 47.7 Å². The molecule has 112 valence electrons. The number of nitriles is 1. The molecule has 6 heteroatoms. The van der Waals surface area contributed by atoms with Gasteiger partial charge in [0.1, 0.15) is 11.8 Å². The predicted molar refractivity (Wildman–Crippen MR) is 90.1 cm³/mol. The second-order valence-corrected chi connectivity index (χ2v) is 5.73. The van der Waals surface area contributed by atoms with Gasteiger partial charge in [-0.3, -0.25) is 4.79 Å². The second-order valence-electron chi connectivity index (χ2n) is 4.70. The highest BCUT2D eigenvalue weighted by molar-refractivity contribution is 8.18. The van der Waals surface area contributed by atoms with Crippen LogP contribution in [0.25, 0.3) is 6.08 Å². The molecule has 23 heavy (non-hydrogen) atoms. The summed E-state index contributed by atoms with van der Waals surface area (Å²) in [6.07, 6.45) is 1.72. The van der Waals surface area contributed by atoms with Gasteiger partial charge >= 0.3 is 0 Å². The summed E-state index contributed by atoms with van der Waals surface area (Å²) >= 11 is 1.21. The summed E-state index contributed by atoms with van der Waals surface area (Å²) in [5.41, 5.74) is 1.77. The molecule has 1 aliphatic rings. The first kappa shape index (κ1) is 14.9. The summed E-state index contributed by atoms with van der Waals surface area (Å²) in [7, 11) is 0. The molecule has 0 radical (unpaired) electrons. The maximum atomic E-state index is 12.0. The van der Waals surface area contributed by atoms with Gasteiger partial charge in [0, 0.05) is 0 Å². The molecule has 0 unspecified atom stereocenters. The lowest BCUT2D eigenvalue weighted by atomic mass is 10.2. The van der Waals surface area contributed by atoms with Gasteiger partial charge in [-0.1, -0.05) is 24.3 Å². The average molecular weight is 321 g/mol. The van der Waals surface area contributed by atoms with Gasteiger partial charge in [0.25, 0.3) is 5.91 Å². The number of hydrogen-bond donors (Lipinski definition) is 2. The standard InChI is InChI=1S/C17H11N3O2S/c18-10-12-3-1-2-4-14(12)19-17-20-16(22)15(23-17)9-11-5-7-13(21)8-6-11/h1-9,21H,(H,19,20,22)/b15-9-. The molecule has 5 nitrogen and oxygen atoms in total. The molecule has 0 aromatic heterocycles. The van der Waals surface area contributed by atoms with Gasteiger partial charge in [0.05, 0.1) is 16.2 Å². The van der Waals surface area contributed by atoms with E-state index in [1.54, 1.807) is 54.6 Å². The number of carbonyl (C=O) groups is 1. The van der Waals surface area contributed by atoms with Crippen LogP contribution in [-0.4, -0.2) is 16.2 Å². The van der Waals surface area contributed by atoms with Crippen LogP contribution >= 0.6 is 11.8 Å². The number of carbonyl (C=O) groups excluding carboxylic acids is 1. The van der Waals surface area contributed by atoms with Crippen LogP contribution in [0.3, 0.4) is 0 Å². The average Bonchev–Trinajstić information content (AvgIpc) is 2.89. The monoisotopic (exact) mass is 321 g/mol. The van der Waals surface area contributed by atoms with Gasteiger partial charge in [0.15, 0.2) is 5.17 Å². The summed E-state index contributed by atoms with van der Waals surface area (Å²) in [5, 5.41) is 21.5. The fourth-order valence-electron chi connectivity index (χ4n) is 1.98. The molecule has 0 atom stereocenters. The van der Waals surface area contributed by atoms with Crippen molar-refractivity contribution < 1.29 is 9.90 Å². The van der Waals surface area contributed by atoms with E-state index in [2.05, 4.69) is 16.4 Å². The van der Waals surface area contributed by atoms with E-state index in [4.69, 9.17) is 5.26 Å². The molecule has 0 aliphatic carbocycles. The fourth-order valence-corrected chi connectivity index (χ4v) is 2.81. The highest BCUT2D eigenvalue weighted by atomic mass is 32.2. The van der Waals surface area contributed by atoms with Crippen molar-refractivity contribution in [2.24, 2.45) is 4.99 Å². The van der Waals surface area contributed by atoms with Crippen LogP contribution in [0.4, 0.5) is 5.69 Å². The van der Waals surface area contributed by atoms with Crippen molar-refractivity contribution in [3.63, 3.8) is 0 Å². The van der Waals surface area contributed by atoms with E-state index in [9.17, 15) is 9.90 Å². The Bertz CT molecular complexity index is 864. The molecule has 0 saturated carbocycles. The molecule has 1 fully saturated rings. The number of phenols is 1. The van der Waals surface area contributed by atoms with Crippen molar-refractivity contribution in [1.29, 1.82) is 5.26 Å². The third-order valence-electron chi connectivity index (χ3n) is 3.09. The number of amides is 1. The fraction of sp³-hybridized carbons (Fsp3) is 0. The number of para-hydroxylation sites is 1. The van der Waals surface area contributed by atoms with Crippen LogP contribution < -0.4 is 5.32 Å². The lowest BCUT2D eigenvalue weighted by Crippen LogP contribution is -2.19. The van der Waals surface area contributed by atoms with Crippen LogP contribution in [0.15, 0.2) is 58.4 Å². The molecule has 1 heterocycles. The van der Waals surface area contributed by atoms with Gasteiger partial charge in [-0.25, -0.2) is 4.99 Å². The minimum absolute atomic E-state index is 0.172. The SMILES string of the molecule is N#Cc1ccccc1N=C1NC(=O)/C(=C/c2ccc(O)cc2)S1. The number of aliphatic imine (C=N–C) groups is 1. The molecule has 2 N–H and O–H groups in total. The summed E-state index contributed by atoms with van der Waals surface area (Å²) in [6.45, 7) is 0. The maximum Gasteiger partial charge on any atom is 0.264 e. The molecule has 1 aliphatic heterocycles. The first-order valence-corrected chi connectivity index (χ1v) is 7.55. The maximum absolute atomic E-state index is 12.0. The van der Waals surface area contributed by atoms with Crippen molar-refractivity contribution >= 4 is 34.6 Å². The number of nitrogens with one attached hydrogen (secondary N) is 1. The van der Waals surface area contributed by atoms with E-state index >= 15 is 0 Å². The van der Waals surface area contributed by atoms with Gasteiger partial charge in [-0.2, -0.15) is 5.26 Å². The zero-order chi connectivity index (χ0) is 16.2. The van der Waals surface area contributed by atoms with Gasteiger partial charge in [-0.15, -0.1) is 0 Å². The molecular formula is C17H11N3O2S. The molecule has 2 aromatic rings.